The number of rotatable bonds is 3. The Labute approximate surface area is 194 Å². The van der Waals surface area contributed by atoms with Gasteiger partial charge in [-0.1, -0.05) is 22.0 Å². The van der Waals surface area contributed by atoms with Crippen LogP contribution in [-0.2, 0) is 9.59 Å². The second-order valence-electron chi connectivity index (χ2n) is 7.94. The largest absolute Gasteiger partial charge is 0.335 e. The predicted molar refractivity (Wildman–Crippen MR) is 128 cm³/mol. The molecule has 32 heavy (non-hydrogen) atoms. The average molecular weight is 492 g/mol. The number of nitrogens with zero attached hydrogens (tertiary/aromatic N) is 2. The van der Waals surface area contributed by atoms with Gasteiger partial charge < -0.3 is 4.57 Å². The number of halogens is 1. The van der Waals surface area contributed by atoms with E-state index in [0.717, 1.165) is 43.1 Å². The van der Waals surface area contributed by atoms with Crippen molar-refractivity contribution in [3.63, 3.8) is 0 Å². The standard InChI is InChI=1S/C25H22BrN3O3/c1-14-9-15(2)11-21(10-14)29-24(31)22(23(30)27-25(29)32)13-18-12-16(3)28(17(18)4)20-7-5-19(26)6-8-20/h5-13H,1-4H3,(H,27,30,32). The van der Waals surface area contributed by atoms with Crippen LogP contribution in [0.15, 0.2) is 58.6 Å². The van der Waals surface area contributed by atoms with Crippen LogP contribution in [0.25, 0.3) is 11.8 Å². The number of amides is 4. The lowest BCUT2D eigenvalue weighted by Gasteiger charge is -2.27. The Kier molecular flexibility index (Phi) is 5.60. The maximum absolute atomic E-state index is 13.2. The molecule has 1 N–H and O–H groups in total. The summed E-state index contributed by atoms with van der Waals surface area (Å²) in [6, 6.07) is 14.5. The molecule has 4 rings (SSSR count). The molecule has 0 radical (unpaired) electrons. The molecule has 0 spiro atoms. The highest BCUT2D eigenvalue weighted by atomic mass is 79.9. The van der Waals surface area contributed by atoms with Gasteiger partial charge in [0.2, 0.25) is 0 Å². The van der Waals surface area contributed by atoms with Crippen LogP contribution in [0.5, 0.6) is 0 Å². The number of aryl methyl sites for hydroxylation is 3. The minimum absolute atomic E-state index is 0.0835. The molecule has 1 aliphatic heterocycles. The molecule has 1 aromatic heterocycles. The van der Waals surface area contributed by atoms with E-state index in [9.17, 15) is 14.4 Å². The van der Waals surface area contributed by atoms with E-state index < -0.39 is 17.8 Å². The maximum Gasteiger partial charge on any atom is 0.335 e. The lowest BCUT2D eigenvalue weighted by atomic mass is 10.1. The van der Waals surface area contributed by atoms with Crippen LogP contribution in [0, 0.1) is 27.7 Å². The number of barbiturate groups is 1. The summed E-state index contributed by atoms with van der Waals surface area (Å²) in [5, 5.41) is 2.29. The Hall–Kier alpha value is -3.45. The summed E-state index contributed by atoms with van der Waals surface area (Å²) >= 11 is 3.44. The molecule has 0 unspecified atom stereocenters. The molecule has 0 aliphatic carbocycles. The number of hydrogen-bond acceptors (Lipinski definition) is 3. The van der Waals surface area contributed by atoms with E-state index in [2.05, 4.69) is 25.8 Å². The molecule has 1 saturated heterocycles. The maximum atomic E-state index is 13.2. The van der Waals surface area contributed by atoms with Gasteiger partial charge in [-0.15, -0.1) is 0 Å². The second-order valence-corrected chi connectivity index (χ2v) is 8.86. The van der Waals surface area contributed by atoms with Gasteiger partial charge in [-0.3, -0.25) is 14.9 Å². The van der Waals surface area contributed by atoms with Crippen molar-refractivity contribution in [3.8, 4) is 5.69 Å². The van der Waals surface area contributed by atoms with Crippen molar-refractivity contribution < 1.29 is 14.4 Å². The number of nitrogens with one attached hydrogen (secondary N) is 1. The molecule has 1 fully saturated rings. The predicted octanol–water partition coefficient (Wildman–Crippen LogP) is 5.14. The molecular weight excluding hydrogens is 470 g/mol. The minimum Gasteiger partial charge on any atom is -0.318 e. The molecule has 0 bridgehead atoms. The zero-order chi connectivity index (χ0) is 23.2. The highest BCUT2D eigenvalue weighted by molar-refractivity contribution is 9.10. The number of hydrogen-bond donors (Lipinski definition) is 1. The van der Waals surface area contributed by atoms with E-state index in [-0.39, 0.29) is 5.57 Å². The SMILES string of the molecule is Cc1cc(C)cc(N2C(=O)NC(=O)C(=Cc3cc(C)n(-c4ccc(Br)cc4)c3C)C2=O)c1. The van der Waals surface area contributed by atoms with Crippen molar-refractivity contribution in [2.24, 2.45) is 0 Å². The molecule has 0 atom stereocenters. The molecule has 2 heterocycles. The van der Waals surface area contributed by atoms with Crippen molar-refractivity contribution >= 4 is 45.5 Å². The van der Waals surface area contributed by atoms with Gasteiger partial charge in [0.25, 0.3) is 11.8 Å². The molecule has 4 amide bonds. The summed E-state index contributed by atoms with van der Waals surface area (Å²) in [6.07, 6.45) is 1.55. The highest BCUT2D eigenvalue weighted by Gasteiger charge is 2.37. The van der Waals surface area contributed by atoms with Gasteiger partial charge in [-0.05, 0) is 92.9 Å². The van der Waals surface area contributed by atoms with E-state index >= 15 is 0 Å². The van der Waals surface area contributed by atoms with Gasteiger partial charge in [0.1, 0.15) is 5.57 Å². The zero-order valence-corrected chi connectivity index (χ0v) is 19.8. The van der Waals surface area contributed by atoms with E-state index in [0.29, 0.717) is 5.69 Å². The zero-order valence-electron chi connectivity index (χ0n) is 18.2. The third-order valence-electron chi connectivity index (χ3n) is 5.42. The normalized spacial score (nSPS) is 15.5. The van der Waals surface area contributed by atoms with Crippen molar-refractivity contribution in [1.82, 2.24) is 9.88 Å². The van der Waals surface area contributed by atoms with Gasteiger partial charge in [-0.2, -0.15) is 0 Å². The number of anilines is 1. The van der Waals surface area contributed by atoms with E-state index in [1.807, 2.05) is 64.1 Å². The summed E-state index contributed by atoms with van der Waals surface area (Å²) in [7, 11) is 0. The van der Waals surface area contributed by atoms with E-state index in [1.165, 1.54) is 0 Å². The first kappa shape index (κ1) is 21.8. The van der Waals surface area contributed by atoms with Crippen LogP contribution < -0.4 is 10.2 Å². The topological polar surface area (TPSA) is 71.4 Å². The van der Waals surface area contributed by atoms with Crippen LogP contribution in [0.3, 0.4) is 0 Å². The van der Waals surface area contributed by atoms with Gasteiger partial charge in [0.05, 0.1) is 5.69 Å². The lowest BCUT2D eigenvalue weighted by Crippen LogP contribution is -2.54. The molecule has 1 aliphatic rings. The third kappa shape index (κ3) is 3.91. The summed E-state index contributed by atoms with van der Waals surface area (Å²) in [5.41, 5.74) is 5.74. The van der Waals surface area contributed by atoms with E-state index in [4.69, 9.17) is 0 Å². The second kappa shape index (κ2) is 8.24. The highest BCUT2D eigenvalue weighted by Crippen LogP contribution is 2.27. The van der Waals surface area contributed by atoms with Crippen LogP contribution in [0.1, 0.15) is 28.1 Å². The summed E-state index contributed by atoms with van der Waals surface area (Å²) in [6.45, 7) is 7.67. The fourth-order valence-corrected chi connectivity index (χ4v) is 4.31. The van der Waals surface area contributed by atoms with Crippen molar-refractivity contribution in [2.45, 2.75) is 27.7 Å². The van der Waals surface area contributed by atoms with Crippen molar-refractivity contribution in [3.05, 3.63) is 86.7 Å². The lowest BCUT2D eigenvalue weighted by molar-refractivity contribution is -0.122. The number of urea groups is 1. The van der Waals surface area contributed by atoms with Crippen molar-refractivity contribution in [1.29, 1.82) is 0 Å². The molecule has 162 valence electrons. The third-order valence-corrected chi connectivity index (χ3v) is 5.95. The Morgan fingerprint density at radius 3 is 2.09 bits per heavy atom. The van der Waals surface area contributed by atoms with Crippen LogP contribution >= 0.6 is 15.9 Å². The molecule has 7 heteroatoms. The quantitative estimate of drug-likeness (QED) is 0.407. The Balaban J connectivity index is 1.77. The van der Waals surface area contributed by atoms with E-state index in [1.54, 1.807) is 18.2 Å². The van der Waals surface area contributed by atoms with Crippen LogP contribution in [0.2, 0.25) is 0 Å². The van der Waals surface area contributed by atoms with Crippen LogP contribution in [-0.4, -0.2) is 22.4 Å². The Morgan fingerprint density at radius 1 is 0.844 bits per heavy atom. The van der Waals surface area contributed by atoms with Crippen LogP contribution in [0.4, 0.5) is 10.5 Å². The first-order chi connectivity index (χ1) is 15.2. The number of imide groups is 2. The smallest absolute Gasteiger partial charge is 0.318 e. The van der Waals surface area contributed by atoms with Gasteiger partial charge in [0.15, 0.2) is 0 Å². The number of carbonyl (C=O) groups is 3. The van der Waals surface area contributed by atoms with Gasteiger partial charge in [-0.25, -0.2) is 9.69 Å². The number of benzene rings is 2. The molecular formula is C25H22BrN3O3. The fraction of sp³-hybridized carbons (Fsp3) is 0.160. The molecule has 3 aromatic rings. The number of carbonyl (C=O) groups excluding carboxylic acids is 3. The molecule has 0 saturated carbocycles. The summed E-state index contributed by atoms with van der Waals surface area (Å²) in [4.78, 5) is 39.4. The molecule has 2 aromatic carbocycles. The monoisotopic (exact) mass is 491 g/mol. The van der Waals surface area contributed by atoms with Gasteiger partial charge >= 0.3 is 6.03 Å². The first-order valence-corrected chi connectivity index (χ1v) is 10.9. The van der Waals surface area contributed by atoms with Crippen molar-refractivity contribution in [2.75, 3.05) is 4.90 Å². The Bertz CT molecular complexity index is 1280. The fourth-order valence-electron chi connectivity index (χ4n) is 4.05. The molecule has 6 nitrogen and oxygen atoms in total. The summed E-state index contributed by atoms with van der Waals surface area (Å²) < 4.78 is 3.03. The van der Waals surface area contributed by atoms with Gasteiger partial charge in [0, 0.05) is 21.5 Å². The number of aromatic nitrogens is 1. The average Bonchev–Trinajstić information content (AvgIpc) is 2.98. The first-order valence-electron chi connectivity index (χ1n) is 10.1. The minimum atomic E-state index is -0.748. The Morgan fingerprint density at radius 2 is 1.47 bits per heavy atom. The summed E-state index contributed by atoms with van der Waals surface area (Å²) in [5.74, 6) is -1.34.